The van der Waals surface area contributed by atoms with Crippen LogP contribution < -0.4 is 15.6 Å². The van der Waals surface area contributed by atoms with E-state index in [9.17, 15) is 9.59 Å². The molecule has 1 amide bonds. The number of amides is 1. The highest BCUT2D eigenvalue weighted by Crippen LogP contribution is 2.26. The van der Waals surface area contributed by atoms with E-state index in [0.29, 0.717) is 11.6 Å². The van der Waals surface area contributed by atoms with Crippen molar-refractivity contribution >= 4 is 17.5 Å². The first kappa shape index (κ1) is 21.1. The minimum absolute atomic E-state index is 0.109. The van der Waals surface area contributed by atoms with E-state index in [1.54, 1.807) is 0 Å². The van der Waals surface area contributed by atoms with E-state index in [2.05, 4.69) is 20.4 Å². The molecule has 0 saturated heterocycles. The van der Waals surface area contributed by atoms with Crippen LogP contribution in [0, 0.1) is 0 Å². The normalized spacial score (nSPS) is 11.0. The summed E-state index contributed by atoms with van der Waals surface area (Å²) in [6.07, 6.45) is 0. The molecule has 168 valence electrons. The van der Waals surface area contributed by atoms with Gasteiger partial charge < -0.3 is 10.1 Å². The number of fused-ring (bicyclic) bond motifs is 1. The van der Waals surface area contributed by atoms with Crippen LogP contribution in [0.5, 0.6) is 5.75 Å². The fraction of sp³-hybridized carbons (Fsp3) is 0.0769. The van der Waals surface area contributed by atoms with Gasteiger partial charge in [-0.15, -0.1) is 5.10 Å². The number of rotatable bonds is 7. The van der Waals surface area contributed by atoms with Crippen LogP contribution >= 0.6 is 0 Å². The Morgan fingerprint density at radius 1 is 0.912 bits per heavy atom. The summed E-state index contributed by atoms with van der Waals surface area (Å²) in [7, 11) is 0. The molecule has 8 heteroatoms. The SMILES string of the molecule is O=C(Nc1cc(=O)[nH]c2nc(COc3ccccc3)nn12)C(c1ccccc1)c1ccccc1. The predicted octanol–water partition coefficient (Wildman–Crippen LogP) is 3.77. The molecular weight excluding hydrogens is 430 g/mol. The van der Waals surface area contributed by atoms with Crippen LogP contribution in [0.25, 0.3) is 5.78 Å². The second-order valence-electron chi connectivity index (χ2n) is 7.63. The third-order valence-corrected chi connectivity index (χ3v) is 5.27. The molecule has 0 saturated carbocycles. The summed E-state index contributed by atoms with van der Waals surface area (Å²) in [6, 6.07) is 29.5. The molecule has 2 N–H and O–H groups in total. The average Bonchev–Trinajstić information content (AvgIpc) is 3.28. The maximum Gasteiger partial charge on any atom is 0.254 e. The van der Waals surface area contributed by atoms with E-state index in [1.165, 1.54) is 10.6 Å². The highest BCUT2D eigenvalue weighted by molar-refractivity contribution is 5.97. The fourth-order valence-electron chi connectivity index (χ4n) is 3.73. The van der Waals surface area contributed by atoms with Crippen molar-refractivity contribution in [3.05, 3.63) is 124 Å². The molecule has 0 aliphatic carbocycles. The highest BCUT2D eigenvalue weighted by Gasteiger charge is 2.24. The quantitative estimate of drug-likeness (QED) is 0.392. The van der Waals surface area contributed by atoms with Crippen molar-refractivity contribution in [2.24, 2.45) is 0 Å². The first-order chi connectivity index (χ1) is 16.7. The van der Waals surface area contributed by atoms with Gasteiger partial charge in [0.2, 0.25) is 11.7 Å². The van der Waals surface area contributed by atoms with Crippen LogP contribution in [0.2, 0.25) is 0 Å². The Morgan fingerprint density at radius 3 is 2.12 bits per heavy atom. The number of aromatic nitrogens is 4. The minimum atomic E-state index is -0.568. The number of hydrogen-bond acceptors (Lipinski definition) is 5. The molecule has 0 unspecified atom stereocenters. The van der Waals surface area contributed by atoms with Crippen LogP contribution in [-0.4, -0.2) is 25.5 Å². The maximum absolute atomic E-state index is 13.5. The Morgan fingerprint density at radius 2 is 1.50 bits per heavy atom. The molecule has 34 heavy (non-hydrogen) atoms. The van der Waals surface area contributed by atoms with Crippen LogP contribution in [0.4, 0.5) is 5.82 Å². The Balaban J connectivity index is 1.45. The molecule has 0 aliphatic heterocycles. The second-order valence-corrected chi connectivity index (χ2v) is 7.63. The number of carbonyl (C=O) groups excluding carboxylic acids is 1. The Labute approximate surface area is 194 Å². The summed E-state index contributed by atoms with van der Waals surface area (Å²) in [5, 5.41) is 7.29. The van der Waals surface area contributed by atoms with Crippen molar-refractivity contribution in [2.45, 2.75) is 12.5 Å². The number of ether oxygens (including phenoxy) is 1. The highest BCUT2D eigenvalue weighted by atomic mass is 16.5. The molecule has 2 aromatic heterocycles. The van der Waals surface area contributed by atoms with Crippen LogP contribution in [0.15, 0.2) is 102 Å². The van der Waals surface area contributed by atoms with Gasteiger partial charge in [0.25, 0.3) is 5.56 Å². The zero-order valence-electron chi connectivity index (χ0n) is 18.1. The molecule has 0 atom stereocenters. The third-order valence-electron chi connectivity index (χ3n) is 5.27. The number of H-pyrrole nitrogens is 1. The van der Waals surface area contributed by atoms with Crippen molar-refractivity contribution in [1.82, 2.24) is 19.6 Å². The van der Waals surface area contributed by atoms with Crippen LogP contribution in [0.3, 0.4) is 0 Å². The first-order valence-corrected chi connectivity index (χ1v) is 10.7. The summed E-state index contributed by atoms with van der Waals surface area (Å²) in [4.78, 5) is 32.7. The van der Waals surface area contributed by atoms with E-state index in [-0.39, 0.29) is 24.1 Å². The van der Waals surface area contributed by atoms with Gasteiger partial charge >= 0.3 is 0 Å². The topological polar surface area (TPSA) is 101 Å². The zero-order chi connectivity index (χ0) is 23.3. The van der Waals surface area contributed by atoms with E-state index >= 15 is 0 Å². The van der Waals surface area contributed by atoms with Gasteiger partial charge in [0.15, 0.2) is 5.82 Å². The Hall–Kier alpha value is -4.72. The average molecular weight is 451 g/mol. The molecule has 2 heterocycles. The monoisotopic (exact) mass is 451 g/mol. The summed E-state index contributed by atoms with van der Waals surface area (Å²) >= 11 is 0. The number of para-hydroxylation sites is 1. The largest absolute Gasteiger partial charge is 0.486 e. The van der Waals surface area contributed by atoms with Gasteiger partial charge in [-0.25, -0.2) is 0 Å². The van der Waals surface area contributed by atoms with Crippen molar-refractivity contribution in [3.63, 3.8) is 0 Å². The number of anilines is 1. The lowest BCUT2D eigenvalue weighted by Crippen LogP contribution is -2.25. The van der Waals surface area contributed by atoms with Gasteiger partial charge in [0.1, 0.15) is 18.2 Å². The molecule has 0 aliphatic rings. The van der Waals surface area contributed by atoms with Gasteiger partial charge in [0, 0.05) is 6.07 Å². The minimum Gasteiger partial charge on any atom is -0.486 e. The number of nitrogens with zero attached hydrogens (tertiary/aromatic N) is 3. The number of hydrogen-bond donors (Lipinski definition) is 2. The van der Waals surface area contributed by atoms with E-state index in [4.69, 9.17) is 4.74 Å². The van der Waals surface area contributed by atoms with Crippen LogP contribution in [-0.2, 0) is 11.4 Å². The first-order valence-electron chi connectivity index (χ1n) is 10.7. The predicted molar refractivity (Wildman–Crippen MR) is 128 cm³/mol. The molecule has 0 radical (unpaired) electrons. The van der Waals surface area contributed by atoms with Crippen LogP contribution in [0.1, 0.15) is 22.9 Å². The summed E-state index contributed by atoms with van der Waals surface area (Å²) in [5.41, 5.74) is 1.27. The van der Waals surface area contributed by atoms with E-state index < -0.39 is 11.5 Å². The number of carbonyl (C=O) groups is 1. The lowest BCUT2D eigenvalue weighted by Gasteiger charge is -2.18. The van der Waals surface area contributed by atoms with Gasteiger partial charge in [0.05, 0.1) is 5.92 Å². The second kappa shape index (κ2) is 9.41. The summed E-state index contributed by atoms with van der Waals surface area (Å²) < 4.78 is 7.11. The maximum atomic E-state index is 13.5. The van der Waals surface area contributed by atoms with Crippen molar-refractivity contribution < 1.29 is 9.53 Å². The zero-order valence-corrected chi connectivity index (χ0v) is 18.1. The van der Waals surface area contributed by atoms with Gasteiger partial charge in [-0.2, -0.15) is 9.50 Å². The molecule has 8 nitrogen and oxygen atoms in total. The number of nitrogens with one attached hydrogen (secondary N) is 2. The summed E-state index contributed by atoms with van der Waals surface area (Å²) in [5.74, 6) is 0.619. The standard InChI is InChI=1S/C26H21N5O3/c32-23-16-22(31-26(29-23)27-21(30-31)17-34-20-14-8-3-9-15-20)28-25(33)24(18-10-4-1-5-11-18)19-12-6-2-7-13-19/h1-16,24H,17H2,(H,28,33)(H,27,29,30,32). The van der Waals surface area contributed by atoms with Crippen molar-refractivity contribution in [2.75, 3.05) is 5.32 Å². The summed E-state index contributed by atoms with van der Waals surface area (Å²) in [6.45, 7) is 0.109. The number of benzene rings is 3. The van der Waals surface area contributed by atoms with Gasteiger partial charge in [-0.1, -0.05) is 78.9 Å². The molecule has 5 rings (SSSR count). The van der Waals surface area contributed by atoms with Crippen molar-refractivity contribution in [3.8, 4) is 5.75 Å². The Kier molecular flexibility index (Phi) is 5.85. The van der Waals surface area contributed by atoms with Gasteiger partial charge in [-0.05, 0) is 23.3 Å². The molecule has 0 bridgehead atoms. The van der Waals surface area contributed by atoms with Crippen molar-refractivity contribution in [1.29, 1.82) is 0 Å². The molecule has 0 spiro atoms. The van der Waals surface area contributed by atoms with E-state index in [0.717, 1.165) is 11.1 Å². The molecule has 5 aromatic rings. The third kappa shape index (κ3) is 4.56. The van der Waals surface area contributed by atoms with Gasteiger partial charge in [-0.3, -0.25) is 14.6 Å². The lowest BCUT2D eigenvalue weighted by atomic mass is 9.90. The molecule has 3 aromatic carbocycles. The molecular formula is C26H21N5O3. The number of aromatic amines is 1. The Bertz CT molecular complexity index is 1430. The van der Waals surface area contributed by atoms with E-state index in [1.807, 2.05) is 91.0 Å². The molecule has 0 fully saturated rings. The lowest BCUT2D eigenvalue weighted by molar-refractivity contribution is -0.116. The fourth-order valence-corrected chi connectivity index (χ4v) is 3.73. The smallest absolute Gasteiger partial charge is 0.254 e.